The number of nitrogens with zero attached hydrogens (tertiary/aromatic N) is 3. The molecular formula is C22H23N5O2S. The Balaban J connectivity index is 1.46. The van der Waals surface area contributed by atoms with E-state index in [1.165, 1.54) is 10.4 Å². The summed E-state index contributed by atoms with van der Waals surface area (Å²) < 4.78 is 12.4. The van der Waals surface area contributed by atoms with Crippen molar-refractivity contribution in [2.45, 2.75) is 0 Å². The van der Waals surface area contributed by atoms with Crippen molar-refractivity contribution in [3.63, 3.8) is 0 Å². The van der Waals surface area contributed by atoms with E-state index in [9.17, 15) is 0 Å². The molecule has 5 rings (SSSR count). The lowest BCUT2D eigenvalue weighted by Gasteiger charge is -2.41. The predicted octanol–water partition coefficient (Wildman–Crippen LogP) is 4.14. The molecule has 30 heavy (non-hydrogen) atoms. The van der Waals surface area contributed by atoms with Gasteiger partial charge in [-0.25, -0.2) is 9.97 Å². The van der Waals surface area contributed by atoms with Crippen molar-refractivity contribution in [1.82, 2.24) is 20.3 Å². The summed E-state index contributed by atoms with van der Waals surface area (Å²) in [5.41, 5.74) is 4.20. The largest absolute Gasteiger partial charge is 0.487 e. The second-order valence-corrected chi connectivity index (χ2v) is 8.40. The molecule has 1 fully saturated rings. The number of ether oxygens (including phenoxy) is 2. The number of pyridine rings is 1. The van der Waals surface area contributed by atoms with Crippen molar-refractivity contribution in [3.05, 3.63) is 48.9 Å². The Kier molecular flexibility index (Phi) is 5.02. The van der Waals surface area contributed by atoms with Gasteiger partial charge >= 0.3 is 0 Å². The van der Waals surface area contributed by atoms with Gasteiger partial charge in [0.2, 0.25) is 5.88 Å². The van der Waals surface area contributed by atoms with Crippen LogP contribution in [0, 0.1) is 5.92 Å². The number of thiophene rings is 1. The number of rotatable bonds is 7. The fourth-order valence-corrected chi connectivity index (χ4v) is 4.73. The van der Waals surface area contributed by atoms with Crippen LogP contribution in [0.3, 0.4) is 0 Å². The monoisotopic (exact) mass is 421 g/mol. The first-order valence-corrected chi connectivity index (χ1v) is 10.7. The van der Waals surface area contributed by atoms with Gasteiger partial charge in [0.25, 0.3) is 0 Å². The molecule has 3 aromatic heterocycles. The molecule has 0 bridgehead atoms. The lowest BCUT2D eigenvalue weighted by molar-refractivity contribution is 0.398. The highest BCUT2D eigenvalue weighted by Crippen LogP contribution is 2.41. The normalized spacial score (nSPS) is 14.1. The van der Waals surface area contributed by atoms with E-state index in [-0.39, 0.29) is 0 Å². The van der Waals surface area contributed by atoms with E-state index >= 15 is 0 Å². The molecular weight excluding hydrogens is 398 g/mol. The van der Waals surface area contributed by atoms with Crippen molar-refractivity contribution >= 4 is 27.2 Å². The zero-order valence-electron chi connectivity index (χ0n) is 16.9. The summed E-state index contributed by atoms with van der Waals surface area (Å²) in [6.07, 6.45) is 3.24. The molecule has 0 aliphatic carbocycles. The minimum absolute atomic E-state index is 0.615. The van der Waals surface area contributed by atoms with Crippen LogP contribution in [0.25, 0.3) is 21.5 Å². The highest BCUT2D eigenvalue weighted by Gasteiger charge is 2.28. The summed E-state index contributed by atoms with van der Waals surface area (Å²) in [5, 5.41) is 4.16. The number of aromatic amines is 1. The minimum Gasteiger partial charge on any atom is -0.487 e. The molecule has 4 heterocycles. The van der Waals surface area contributed by atoms with E-state index in [1.807, 2.05) is 37.4 Å². The van der Waals surface area contributed by atoms with E-state index in [2.05, 4.69) is 26.3 Å². The van der Waals surface area contributed by atoms with Crippen LogP contribution in [0.15, 0.2) is 48.9 Å². The number of anilines is 1. The van der Waals surface area contributed by atoms with Gasteiger partial charge in [-0.2, -0.15) is 0 Å². The van der Waals surface area contributed by atoms with Gasteiger partial charge in [-0.05, 0) is 37.4 Å². The predicted molar refractivity (Wildman–Crippen MR) is 120 cm³/mol. The Morgan fingerprint density at radius 1 is 1.23 bits per heavy atom. The molecule has 0 amide bonds. The fraction of sp³-hybridized carbons (Fsp3) is 0.273. The number of fused-ring (bicyclic) bond motifs is 1. The number of aromatic nitrogens is 3. The van der Waals surface area contributed by atoms with E-state index in [0.29, 0.717) is 11.8 Å². The molecule has 7 nitrogen and oxygen atoms in total. The third-order valence-electron chi connectivity index (χ3n) is 5.28. The third kappa shape index (κ3) is 3.59. The first-order chi connectivity index (χ1) is 14.7. The third-order valence-corrected chi connectivity index (χ3v) is 6.39. The fourth-order valence-electron chi connectivity index (χ4n) is 3.77. The molecule has 154 valence electrons. The van der Waals surface area contributed by atoms with Crippen LogP contribution in [0.1, 0.15) is 0 Å². The second-order valence-electron chi connectivity index (χ2n) is 7.38. The smallest absolute Gasteiger partial charge is 0.217 e. The quantitative estimate of drug-likeness (QED) is 0.467. The van der Waals surface area contributed by atoms with E-state index in [0.717, 1.165) is 47.2 Å². The summed E-state index contributed by atoms with van der Waals surface area (Å²) in [6.45, 7) is 3.15. The highest BCUT2D eigenvalue weighted by atomic mass is 32.1. The van der Waals surface area contributed by atoms with E-state index in [4.69, 9.17) is 14.5 Å². The number of hydrogen-bond donors (Lipinski definition) is 2. The van der Waals surface area contributed by atoms with E-state index in [1.54, 1.807) is 31.0 Å². The van der Waals surface area contributed by atoms with Crippen molar-refractivity contribution in [1.29, 1.82) is 0 Å². The van der Waals surface area contributed by atoms with Crippen LogP contribution >= 0.6 is 11.3 Å². The number of methoxy groups -OCH3 is 1. The van der Waals surface area contributed by atoms with Crippen LogP contribution in [0.4, 0.5) is 5.69 Å². The van der Waals surface area contributed by atoms with Crippen LogP contribution in [0.2, 0.25) is 0 Å². The molecule has 8 heteroatoms. The molecule has 0 spiro atoms. The van der Waals surface area contributed by atoms with Crippen molar-refractivity contribution in [2.75, 3.05) is 38.7 Å². The number of H-pyrrole nitrogens is 1. The highest BCUT2D eigenvalue weighted by molar-refractivity contribution is 7.21. The topological polar surface area (TPSA) is 75.3 Å². The van der Waals surface area contributed by atoms with Crippen LogP contribution in [-0.4, -0.2) is 48.7 Å². The molecule has 1 aliphatic heterocycles. The molecule has 1 aromatic carbocycles. The van der Waals surface area contributed by atoms with Gasteiger partial charge in [0.05, 0.1) is 41.2 Å². The van der Waals surface area contributed by atoms with Gasteiger partial charge < -0.3 is 24.7 Å². The molecule has 0 radical (unpaired) electrons. The molecule has 1 aliphatic rings. The number of benzene rings is 1. The molecule has 1 saturated heterocycles. The average Bonchev–Trinajstić information content (AvgIpc) is 3.39. The second kappa shape index (κ2) is 7.97. The number of nitrogens with one attached hydrogen (secondary N) is 2. The summed E-state index contributed by atoms with van der Waals surface area (Å²) in [5.74, 6) is 2.05. The van der Waals surface area contributed by atoms with Crippen LogP contribution in [0.5, 0.6) is 16.7 Å². The lowest BCUT2D eigenvalue weighted by Crippen LogP contribution is -2.50. The molecule has 0 atom stereocenters. The lowest BCUT2D eigenvalue weighted by atomic mass is 9.98. The first-order valence-electron chi connectivity index (χ1n) is 9.88. The Hall–Kier alpha value is -3.10. The van der Waals surface area contributed by atoms with Gasteiger partial charge in [-0.1, -0.05) is 11.3 Å². The van der Waals surface area contributed by atoms with E-state index < -0.39 is 0 Å². The summed E-state index contributed by atoms with van der Waals surface area (Å²) in [7, 11) is 3.71. The molecule has 4 aromatic rings. The van der Waals surface area contributed by atoms with Gasteiger partial charge in [0.1, 0.15) is 5.75 Å². The van der Waals surface area contributed by atoms with Gasteiger partial charge in [0, 0.05) is 37.2 Å². The maximum Gasteiger partial charge on any atom is 0.217 e. The Morgan fingerprint density at radius 3 is 2.77 bits per heavy atom. The SMILES string of the molecule is CNCC1CN(c2cc(-c3ccc(Oc4cnc[nH]4)cc3)nc3cc(OC)sc23)C1. The van der Waals surface area contributed by atoms with Crippen LogP contribution < -0.4 is 19.7 Å². The number of hydrogen-bond acceptors (Lipinski definition) is 7. The molecule has 0 unspecified atom stereocenters. The van der Waals surface area contributed by atoms with Crippen LogP contribution in [-0.2, 0) is 0 Å². The zero-order chi connectivity index (χ0) is 20.5. The van der Waals surface area contributed by atoms with Gasteiger partial charge in [0.15, 0.2) is 5.06 Å². The Morgan fingerprint density at radius 2 is 2.07 bits per heavy atom. The van der Waals surface area contributed by atoms with Gasteiger partial charge in [-0.3, -0.25) is 0 Å². The summed E-state index contributed by atoms with van der Waals surface area (Å²) in [4.78, 5) is 14.3. The van der Waals surface area contributed by atoms with Crippen molar-refractivity contribution in [2.24, 2.45) is 5.92 Å². The number of imidazole rings is 1. The van der Waals surface area contributed by atoms with Crippen molar-refractivity contribution < 1.29 is 9.47 Å². The standard InChI is InChI=1S/C22H23N5O2S/c1-23-9-14-11-27(12-14)19-7-17(26-18-8-21(28-2)30-22(18)19)15-3-5-16(6-4-15)29-20-10-24-13-25-20/h3-8,10,13-14,23H,9,11-12H2,1-2H3,(H,24,25). The Labute approximate surface area is 178 Å². The average molecular weight is 422 g/mol. The summed E-state index contributed by atoms with van der Waals surface area (Å²) >= 11 is 1.65. The zero-order valence-corrected chi connectivity index (χ0v) is 17.7. The molecule has 0 saturated carbocycles. The minimum atomic E-state index is 0.615. The van der Waals surface area contributed by atoms with Crippen molar-refractivity contribution in [3.8, 4) is 28.0 Å². The maximum atomic E-state index is 5.75. The maximum absolute atomic E-state index is 5.75. The Bertz CT molecular complexity index is 1130. The first kappa shape index (κ1) is 18.9. The summed E-state index contributed by atoms with van der Waals surface area (Å²) in [6, 6.07) is 12.2. The molecule has 2 N–H and O–H groups in total. The van der Waals surface area contributed by atoms with Gasteiger partial charge in [-0.15, -0.1) is 0 Å².